The summed E-state index contributed by atoms with van der Waals surface area (Å²) >= 11 is 0. The highest BCUT2D eigenvalue weighted by atomic mass is 32.2. The van der Waals surface area contributed by atoms with Crippen LogP contribution in [0.15, 0.2) is 24.3 Å². The molecule has 0 aromatic heterocycles. The Morgan fingerprint density at radius 3 is 2.32 bits per heavy atom. The molecule has 0 saturated heterocycles. The van der Waals surface area contributed by atoms with Crippen molar-refractivity contribution < 1.29 is 8.42 Å². The van der Waals surface area contributed by atoms with Gasteiger partial charge >= 0.3 is 0 Å². The molecule has 3 nitrogen and oxygen atoms in total. The Morgan fingerprint density at radius 1 is 1.16 bits per heavy atom. The molecule has 1 unspecified atom stereocenters. The summed E-state index contributed by atoms with van der Waals surface area (Å²) in [5.74, 6) is 0.262. The maximum absolute atomic E-state index is 11.2. The average Bonchev–Trinajstić information content (AvgIpc) is 2.34. The minimum atomic E-state index is -2.87. The molecule has 0 saturated carbocycles. The van der Waals surface area contributed by atoms with Gasteiger partial charge in [0.1, 0.15) is 9.84 Å². The Kier molecular flexibility index (Phi) is 6.52. The standard InChI is InChI=1S/C15H25NO2S/c1-4-16-15(11-12-19(3,17)18)10-9-14-7-5-13(2)6-8-14/h5-8,15-16H,4,9-12H2,1-3H3. The van der Waals surface area contributed by atoms with Crippen LogP contribution in [0.25, 0.3) is 0 Å². The fourth-order valence-corrected chi connectivity index (χ4v) is 2.80. The molecule has 1 N–H and O–H groups in total. The largest absolute Gasteiger partial charge is 0.314 e. The zero-order valence-electron chi connectivity index (χ0n) is 12.1. The maximum Gasteiger partial charge on any atom is 0.147 e. The van der Waals surface area contributed by atoms with Gasteiger partial charge in [0.05, 0.1) is 5.75 Å². The molecule has 108 valence electrons. The molecule has 0 aliphatic rings. The minimum absolute atomic E-state index is 0.262. The Hall–Kier alpha value is -0.870. The number of rotatable bonds is 8. The molecule has 4 heteroatoms. The number of hydrogen-bond acceptors (Lipinski definition) is 3. The molecule has 1 rings (SSSR count). The molecule has 19 heavy (non-hydrogen) atoms. The van der Waals surface area contributed by atoms with Gasteiger partial charge in [0.2, 0.25) is 0 Å². The first-order chi connectivity index (χ1) is 8.90. The van der Waals surface area contributed by atoms with Crippen LogP contribution in [0.3, 0.4) is 0 Å². The molecule has 0 bridgehead atoms. The third kappa shape index (κ3) is 7.33. The van der Waals surface area contributed by atoms with Gasteiger partial charge in [-0.1, -0.05) is 36.8 Å². The summed E-state index contributed by atoms with van der Waals surface area (Å²) in [7, 11) is -2.87. The van der Waals surface area contributed by atoms with Crippen LogP contribution < -0.4 is 5.32 Å². The van der Waals surface area contributed by atoms with Gasteiger partial charge < -0.3 is 5.32 Å². The Labute approximate surface area is 117 Å². The van der Waals surface area contributed by atoms with E-state index in [1.165, 1.54) is 17.4 Å². The van der Waals surface area contributed by atoms with E-state index in [9.17, 15) is 8.42 Å². The van der Waals surface area contributed by atoms with E-state index in [2.05, 4.69) is 43.4 Å². The third-order valence-electron chi connectivity index (χ3n) is 3.23. The number of aryl methyl sites for hydroxylation is 2. The molecule has 0 fully saturated rings. The second-order valence-corrected chi connectivity index (χ2v) is 7.46. The highest BCUT2D eigenvalue weighted by Crippen LogP contribution is 2.10. The van der Waals surface area contributed by atoms with Crippen LogP contribution in [0.5, 0.6) is 0 Å². The first kappa shape index (κ1) is 16.2. The van der Waals surface area contributed by atoms with Crippen LogP contribution in [0.4, 0.5) is 0 Å². The maximum atomic E-state index is 11.2. The van der Waals surface area contributed by atoms with Crippen LogP contribution in [0.2, 0.25) is 0 Å². The van der Waals surface area contributed by atoms with Crippen LogP contribution in [-0.2, 0) is 16.3 Å². The lowest BCUT2D eigenvalue weighted by molar-refractivity contribution is 0.478. The van der Waals surface area contributed by atoms with E-state index in [0.717, 1.165) is 19.4 Å². The van der Waals surface area contributed by atoms with Gasteiger partial charge in [0, 0.05) is 12.3 Å². The van der Waals surface area contributed by atoms with Crippen molar-refractivity contribution >= 4 is 9.84 Å². The molecule has 1 atom stereocenters. The van der Waals surface area contributed by atoms with E-state index in [1.807, 2.05) is 0 Å². The number of hydrogen-bond donors (Lipinski definition) is 1. The molecule has 0 heterocycles. The minimum Gasteiger partial charge on any atom is -0.314 e. The van der Waals surface area contributed by atoms with Crippen molar-refractivity contribution in [1.82, 2.24) is 5.32 Å². The van der Waals surface area contributed by atoms with Gasteiger partial charge in [-0.2, -0.15) is 0 Å². The van der Waals surface area contributed by atoms with Gasteiger partial charge in [0.25, 0.3) is 0 Å². The monoisotopic (exact) mass is 283 g/mol. The summed E-state index contributed by atoms with van der Waals surface area (Å²) in [4.78, 5) is 0. The van der Waals surface area contributed by atoms with Gasteiger partial charge in [-0.15, -0.1) is 0 Å². The van der Waals surface area contributed by atoms with Gasteiger partial charge in [-0.05, 0) is 38.3 Å². The summed E-state index contributed by atoms with van der Waals surface area (Å²) in [5.41, 5.74) is 2.58. The quantitative estimate of drug-likeness (QED) is 0.796. The van der Waals surface area contributed by atoms with Crippen LogP contribution >= 0.6 is 0 Å². The van der Waals surface area contributed by atoms with Crippen molar-refractivity contribution in [2.24, 2.45) is 0 Å². The molecule has 0 aliphatic heterocycles. The summed E-state index contributed by atoms with van der Waals surface area (Å²) in [6.07, 6.45) is 3.96. The van der Waals surface area contributed by atoms with E-state index >= 15 is 0 Å². The first-order valence-corrected chi connectivity index (χ1v) is 8.93. The molecule has 0 spiro atoms. The molecule has 0 amide bonds. The highest BCUT2D eigenvalue weighted by Gasteiger charge is 2.11. The summed E-state index contributed by atoms with van der Waals surface area (Å²) in [6.45, 7) is 5.01. The van der Waals surface area contributed by atoms with Gasteiger partial charge in [-0.3, -0.25) is 0 Å². The van der Waals surface area contributed by atoms with Crippen molar-refractivity contribution in [3.8, 4) is 0 Å². The Morgan fingerprint density at radius 2 is 1.79 bits per heavy atom. The van der Waals surface area contributed by atoms with Crippen molar-refractivity contribution in [2.45, 2.75) is 39.2 Å². The lowest BCUT2D eigenvalue weighted by atomic mass is 10.0. The summed E-state index contributed by atoms with van der Waals surface area (Å²) < 4.78 is 22.4. The molecule has 1 aromatic rings. The van der Waals surface area contributed by atoms with Gasteiger partial charge in [0.15, 0.2) is 0 Å². The normalized spacial score (nSPS) is 13.4. The van der Waals surface area contributed by atoms with Gasteiger partial charge in [-0.25, -0.2) is 8.42 Å². The fraction of sp³-hybridized carbons (Fsp3) is 0.600. The van der Waals surface area contributed by atoms with Crippen molar-refractivity contribution in [1.29, 1.82) is 0 Å². The van der Waals surface area contributed by atoms with Crippen LogP contribution in [-0.4, -0.2) is 33.0 Å². The van der Waals surface area contributed by atoms with E-state index < -0.39 is 9.84 Å². The Balaban J connectivity index is 2.47. The van der Waals surface area contributed by atoms with Crippen molar-refractivity contribution in [3.05, 3.63) is 35.4 Å². The molecule has 0 radical (unpaired) electrons. The highest BCUT2D eigenvalue weighted by molar-refractivity contribution is 7.90. The number of benzene rings is 1. The summed E-state index contributed by atoms with van der Waals surface area (Å²) in [5, 5.41) is 3.37. The SMILES string of the molecule is CCNC(CCc1ccc(C)cc1)CCS(C)(=O)=O. The second-order valence-electron chi connectivity index (χ2n) is 5.20. The predicted molar refractivity (Wildman–Crippen MR) is 81.3 cm³/mol. The van der Waals surface area contributed by atoms with Crippen molar-refractivity contribution in [2.75, 3.05) is 18.6 Å². The smallest absolute Gasteiger partial charge is 0.147 e. The molecular weight excluding hydrogens is 258 g/mol. The first-order valence-electron chi connectivity index (χ1n) is 6.87. The van der Waals surface area contributed by atoms with E-state index in [4.69, 9.17) is 0 Å². The van der Waals surface area contributed by atoms with E-state index in [-0.39, 0.29) is 11.8 Å². The zero-order valence-corrected chi connectivity index (χ0v) is 13.0. The lowest BCUT2D eigenvalue weighted by Gasteiger charge is -2.17. The lowest BCUT2D eigenvalue weighted by Crippen LogP contribution is -2.31. The van der Waals surface area contributed by atoms with Crippen LogP contribution in [0, 0.1) is 6.92 Å². The average molecular weight is 283 g/mol. The van der Waals surface area contributed by atoms with E-state index in [1.54, 1.807) is 0 Å². The predicted octanol–water partition coefficient (Wildman–Crippen LogP) is 2.34. The molecule has 1 aromatic carbocycles. The second kappa shape index (κ2) is 7.65. The van der Waals surface area contributed by atoms with Crippen molar-refractivity contribution in [3.63, 3.8) is 0 Å². The fourth-order valence-electron chi connectivity index (χ4n) is 2.09. The van der Waals surface area contributed by atoms with E-state index in [0.29, 0.717) is 6.42 Å². The zero-order chi connectivity index (χ0) is 14.3. The third-order valence-corrected chi connectivity index (χ3v) is 4.21. The Bertz CT molecular complexity index is 465. The number of nitrogens with one attached hydrogen (secondary N) is 1. The molecular formula is C15H25NO2S. The topological polar surface area (TPSA) is 46.2 Å². The molecule has 0 aliphatic carbocycles. The summed E-state index contributed by atoms with van der Waals surface area (Å²) in [6, 6.07) is 8.81. The van der Waals surface area contributed by atoms with Crippen LogP contribution in [0.1, 0.15) is 30.9 Å². The number of sulfone groups is 1.